The molecule has 1 N–H and O–H groups in total. The molecular formula is C19H29NO3. The van der Waals surface area contributed by atoms with Gasteiger partial charge < -0.3 is 14.6 Å². The number of hydrogen-bond acceptors (Lipinski definition) is 4. The van der Waals surface area contributed by atoms with Crippen molar-refractivity contribution in [3.8, 4) is 5.75 Å². The van der Waals surface area contributed by atoms with Gasteiger partial charge in [-0.25, -0.2) is 0 Å². The van der Waals surface area contributed by atoms with Gasteiger partial charge in [-0.2, -0.15) is 0 Å². The maximum absolute atomic E-state index is 10.8. The van der Waals surface area contributed by atoms with Crippen molar-refractivity contribution in [2.45, 2.75) is 50.4 Å². The van der Waals surface area contributed by atoms with E-state index in [-0.39, 0.29) is 12.1 Å². The maximum atomic E-state index is 10.8. The zero-order chi connectivity index (χ0) is 16.1. The van der Waals surface area contributed by atoms with E-state index < -0.39 is 6.10 Å². The number of aliphatic hydroxyl groups is 1. The topological polar surface area (TPSA) is 41.9 Å². The summed E-state index contributed by atoms with van der Waals surface area (Å²) in [6, 6.07) is 10.1. The van der Waals surface area contributed by atoms with Crippen LogP contribution in [-0.4, -0.2) is 55.1 Å². The van der Waals surface area contributed by atoms with Gasteiger partial charge in [0, 0.05) is 19.8 Å². The third kappa shape index (κ3) is 4.25. The van der Waals surface area contributed by atoms with Crippen molar-refractivity contribution in [2.24, 2.45) is 5.92 Å². The largest absolute Gasteiger partial charge is 0.488 e. The summed E-state index contributed by atoms with van der Waals surface area (Å²) in [6.07, 6.45) is 4.98. The quantitative estimate of drug-likeness (QED) is 0.906. The van der Waals surface area contributed by atoms with E-state index in [0.717, 1.165) is 44.7 Å². The van der Waals surface area contributed by atoms with Crippen molar-refractivity contribution < 1.29 is 14.6 Å². The van der Waals surface area contributed by atoms with Crippen molar-refractivity contribution >= 4 is 0 Å². The number of piperidine rings is 1. The Morgan fingerprint density at radius 1 is 1.09 bits per heavy atom. The van der Waals surface area contributed by atoms with Crippen LogP contribution in [0.3, 0.4) is 0 Å². The molecule has 0 radical (unpaired) electrons. The summed E-state index contributed by atoms with van der Waals surface area (Å²) in [5.74, 6) is 1.53. The fraction of sp³-hybridized carbons (Fsp3) is 0.684. The first-order chi connectivity index (χ1) is 11.3. The zero-order valence-electron chi connectivity index (χ0n) is 14.1. The van der Waals surface area contributed by atoms with Gasteiger partial charge in [-0.15, -0.1) is 0 Å². The van der Waals surface area contributed by atoms with Crippen LogP contribution in [0.2, 0.25) is 0 Å². The molecule has 2 aliphatic rings. The van der Waals surface area contributed by atoms with Crippen LogP contribution in [0.4, 0.5) is 0 Å². The lowest BCUT2D eigenvalue weighted by atomic mass is 9.86. The van der Waals surface area contributed by atoms with E-state index in [1.165, 1.54) is 12.8 Å². The number of benzene rings is 1. The Balaban J connectivity index is 1.56. The number of aliphatic hydroxyl groups excluding tert-OH is 1. The smallest absolute Gasteiger partial charge is 0.126 e. The van der Waals surface area contributed by atoms with E-state index in [1.807, 2.05) is 30.3 Å². The monoisotopic (exact) mass is 319 g/mol. The Bertz CT molecular complexity index is 459. The van der Waals surface area contributed by atoms with E-state index in [9.17, 15) is 5.11 Å². The molecule has 1 aromatic rings. The fourth-order valence-corrected chi connectivity index (χ4v) is 4.01. The van der Waals surface area contributed by atoms with Crippen molar-refractivity contribution in [1.82, 2.24) is 4.90 Å². The van der Waals surface area contributed by atoms with Gasteiger partial charge in [0.15, 0.2) is 0 Å². The highest BCUT2D eigenvalue weighted by Gasteiger charge is 2.37. The van der Waals surface area contributed by atoms with Gasteiger partial charge in [0.1, 0.15) is 18.0 Å². The molecule has 1 aromatic carbocycles. The van der Waals surface area contributed by atoms with Crippen LogP contribution in [0.1, 0.15) is 32.1 Å². The minimum atomic E-state index is -0.400. The molecule has 0 spiro atoms. The fourth-order valence-electron chi connectivity index (χ4n) is 4.01. The van der Waals surface area contributed by atoms with Gasteiger partial charge >= 0.3 is 0 Å². The molecule has 23 heavy (non-hydrogen) atoms. The number of hydrogen-bond donors (Lipinski definition) is 1. The molecule has 1 aliphatic carbocycles. The number of para-hydroxylation sites is 1. The molecule has 0 bridgehead atoms. The summed E-state index contributed by atoms with van der Waals surface area (Å²) < 4.78 is 11.3. The molecule has 0 unspecified atom stereocenters. The van der Waals surface area contributed by atoms with Crippen LogP contribution >= 0.6 is 0 Å². The molecule has 4 nitrogen and oxygen atoms in total. The van der Waals surface area contributed by atoms with Crippen LogP contribution in [0.5, 0.6) is 5.75 Å². The van der Waals surface area contributed by atoms with Crippen molar-refractivity contribution in [3.63, 3.8) is 0 Å². The molecule has 0 amide bonds. The molecule has 128 valence electrons. The Hall–Kier alpha value is -1.10. The highest BCUT2D eigenvalue weighted by atomic mass is 16.5. The van der Waals surface area contributed by atoms with Gasteiger partial charge in [-0.1, -0.05) is 18.2 Å². The third-order valence-electron chi connectivity index (χ3n) is 5.31. The molecule has 2 fully saturated rings. The number of methoxy groups -OCH3 is 1. The van der Waals surface area contributed by atoms with Crippen molar-refractivity contribution in [3.05, 3.63) is 30.3 Å². The van der Waals surface area contributed by atoms with E-state index >= 15 is 0 Å². The lowest BCUT2D eigenvalue weighted by Gasteiger charge is -2.44. The van der Waals surface area contributed by atoms with E-state index in [1.54, 1.807) is 7.11 Å². The number of rotatable bonds is 5. The number of ether oxygens (including phenoxy) is 2. The first-order valence-corrected chi connectivity index (χ1v) is 8.90. The Morgan fingerprint density at radius 2 is 1.83 bits per heavy atom. The minimum Gasteiger partial charge on any atom is -0.488 e. The first-order valence-electron chi connectivity index (χ1n) is 8.90. The Morgan fingerprint density at radius 3 is 2.52 bits per heavy atom. The van der Waals surface area contributed by atoms with E-state index in [4.69, 9.17) is 9.47 Å². The molecule has 0 aromatic heterocycles. The van der Waals surface area contributed by atoms with Crippen LogP contribution in [-0.2, 0) is 4.74 Å². The molecule has 4 heteroatoms. The van der Waals surface area contributed by atoms with Gasteiger partial charge in [0.2, 0.25) is 0 Å². The normalized spacial score (nSPS) is 30.3. The van der Waals surface area contributed by atoms with Crippen LogP contribution in [0.25, 0.3) is 0 Å². The van der Waals surface area contributed by atoms with Crippen LogP contribution < -0.4 is 4.74 Å². The second-order valence-corrected chi connectivity index (χ2v) is 6.89. The van der Waals surface area contributed by atoms with E-state index in [0.29, 0.717) is 5.92 Å². The summed E-state index contributed by atoms with van der Waals surface area (Å²) in [6.45, 7) is 2.99. The average molecular weight is 319 g/mol. The van der Waals surface area contributed by atoms with Crippen molar-refractivity contribution in [2.75, 3.05) is 26.8 Å². The minimum absolute atomic E-state index is 0.0900. The number of nitrogens with zero attached hydrogens (tertiary/aromatic N) is 1. The second-order valence-electron chi connectivity index (χ2n) is 6.89. The summed E-state index contributed by atoms with van der Waals surface area (Å²) in [7, 11) is 1.78. The van der Waals surface area contributed by atoms with Gasteiger partial charge in [0.25, 0.3) is 0 Å². The lowest BCUT2D eigenvalue weighted by molar-refractivity contribution is -0.0626. The predicted octanol–water partition coefficient (Wildman–Crippen LogP) is 2.71. The molecule has 1 aliphatic heterocycles. The highest BCUT2D eigenvalue weighted by Crippen LogP contribution is 2.30. The summed E-state index contributed by atoms with van der Waals surface area (Å²) in [5.41, 5.74) is 0. The zero-order valence-corrected chi connectivity index (χ0v) is 14.1. The molecule has 3 rings (SSSR count). The summed E-state index contributed by atoms with van der Waals surface area (Å²) >= 11 is 0. The third-order valence-corrected chi connectivity index (χ3v) is 5.31. The second kappa shape index (κ2) is 8.13. The van der Waals surface area contributed by atoms with E-state index in [2.05, 4.69) is 4.90 Å². The van der Waals surface area contributed by atoms with Gasteiger partial charge in [-0.3, -0.25) is 4.90 Å². The van der Waals surface area contributed by atoms with Crippen molar-refractivity contribution in [1.29, 1.82) is 0 Å². The molecule has 3 atom stereocenters. The highest BCUT2D eigenvalue weighted by molar-refractivity contribution is 5.21. The molecule has 1 heterocycles. The molecule has 1 saturated heterocycles. The SMILES string of the molecule is COCC1CCN([C@H]2CCC[C@@H](Oc3ccccc3)[C@@H]2O)CC1. The van der Waals surface area contributed by atoms with Crippen LogP contribution in [0, 0.1) is 5.92 Å². The first kappa shape index (κ1) is 16.7. The lowest BCUT2D eigenvalue weighted by Crippen LogP contribution is -2.54. The summed E-state index contributed by atoms with van der Waals surface area (Å²) in [4.78, 5) is 2.47. The van der Waals surface area contributed by atoms with Gasteiger partial charge in [0.05, 0.1) is 0 Å². The molecule has 1 saturated carbocycles. The number of likely N-dealkylation sites (tertiary alicyclic amines) is 1. The van der Waals surface area contributed by atoms with Crippen LogP contribution in [0.15, 0.2) is 30.3 Å². The summed E-state index contributed by atoms with van der Waals surface area (Å²) in [5, 5.41) is 10.8. The Labute approximate surface area is 139 Å². The van der Waals surface area contributed by atoms with Gasteiger partial charge in [-0.05, 0) is 63.2 Å². The standard InChI is InChI=1S/C19H29NO3/c1-22-14-15-10-12-20(13-11-15)17-8-5-9-18(19(17)21)23-16-6-3-2-4-7-16/h2-4,6-7,15,17-19,21H,5,8-14H2,1H3/t17-,18+,19+/m0/s1. The predicted molar refractivity (Wildman–Crippen MR) is 90.7 cm³/mol. The average Bonchev–Trinajstić information content (AvgIpc) is 2.59. The maximum Gasteiger partial charge on any atom is 0.126 e. The Kier molecular flexibility index (Phi) is 5.92. The molecular weight excluding hydrogens is 290 g/mol.